The van der Waals surface area contributed by atoms with Crippen LogP contribution in [-0.4, -0.2) is 66.3 Å². The van der Waals surface area contributed by atoms with Gasteiger partial charge < -0.3 is 10.2 Å². The Bertz CT molecular complexity index is 923. The average molecular weight is 392 g/mol. The molecule has 2 heterocycles. The summed E-state index contributed by atoms with van der Waals surface area (Å²) in [5, 5.41) is 2.81. The Morgan fingerprint density at radius 1 is 0.931 bits per heavy atom. The molecule has 7 heteroatoms. The molecule has 1 fully saturated rings. The van der Waals surface area contributed by atoms with Crippen molar-refractivity contribution in [2.24, 2.45) is 0 Å². The number of carbonyl (C=O) groups excluding carboxylic acids is 3. The minimum Gasteiger partial charge on any atom is -0.336 e. The van der Waals surface area contributed by atoms with Crippen LogP contribution in [0.25, 0.3) is 0 Å². The molecule has 0 radical (unpaired) electrons. The average Bonchev–Trinajstić information content (AvgIpc) is 2.77. The largest absolute Gasteiger partial charge is 0.336 e. The normalized spacial score (nSPS) is 18.0. The highest BCUT2D eigenvalue weighted by Gasteiger charge is 2.34. The quantitative estimate of drug-likeness (QED) is 0.865. The lowest BCUT2D eigenvalue weighted by atomic mass is 10.1. The minimum absolute atomic E-state index is 0.0193. The number of amides is 3. The molecule has 150 valence electrons. The molecule has 4 rings (SSSR count). The summed E-state index contributed by atoms with van der Waals surface area (Å²) in [4.78, 5) is 43.3. The smallest absolute Gasteiger partial charge is 0.253 e. The highest BCUT2D eigenvalue weighted by Crippen LogP contribution is 2.29. The van der Waals surface area contributed by atoms with Gasteiger partial charge in [-0.1, -0.05) is 30.3 Å². The van der Waals surface area contributed by atoms with E-state index in [1.807, 2.05) is 60.4 Å². The molecule has 0 saturated carbocycles. The topological polar surface area (TPSA) is 73.0 Å². The van der Waals surface area contributed by atoms with E-state index in [0.717, 1.165) is 5.69 Å². The maximum Gasteiger partial charge on any atom is 0.253 e. The zero-order chi connectivity index (χ0) is 20.4. The molecule has 0 aliphatic carbocycles. The number of para-hydroxylation sites is 2. The van der Waals surface area contributed by atoms with Crippen molar-refractivity contribution >= 4 is 29.1 Å². The standard InChI is InChI=1S/C22H24N4O3/c1-16(21(28)26-15-20(27)23-18-9-5-6-10-19(18)26)24-11-13-25(14-12-24)22(29)17-7-3-2-4-8-17/h2-10,16H,11-15H2,1H3,(H,23,27)/t16-/m0/s1. The molecule has 2 aliphatic heterocycles. The Hall–Kier alpha value is -3.19. The van der Waals surface area contributed by atoms with Crippen LogP contribution in [0.4, 0.5) is 11.4 Å². The predicted octanol–water partition coefficient (Wildman–Crippen LogP) is 1.82. The molecule has 2 aliphatic rings. The number of carbonyl (C=O) groups is 3. The van der Waals surface area contributed by atoms with Gasteiger partial charge in [0, 0.05) is 31.7 Å². The highest BCUT2D eigenvalue weighted by molar-refractivity contribution is 6.11. The summed E-state index contributed by atoms with van der Waals surface area (Å²) >= 11 is 0. The Morgan fingerprint density at radius 2 is 1.59 bits per heavy atom. The molecule has 1 N–H and O–H groups in total. The Morgan fingerprint density at radius 3 is 2.31 bits per heavy atom. The molecule has 1 atom stereocenters. The molecule has 7 nitrogen and oxygen atoms in total. The maximum atomic E-state index is 13.2. The zero-order valence-corrected chi connectivity index (χ0v) is 16.4. The van der Waals surface area contributed by atoms with E-state index in [2.05, 4.69) is 10.2 Å². The molecule has 0 spiro atoms. The van der Waals surface area contributed by atoms with Crippen LogP contribution < -0.4 is 10.2 Å². The van der Waals surface area contributed by atoms with E-state index in [1.54, 1.807) is 11.0 Å². The van der Waals surface area contributed by atoms with Crippen LogP contribution in [-0.2, 0) is 9.59 Å². The van der Waals surface area contributed by atoms with Crippen LogP contribution in [0.15, 0.2) is 54.6 Å². The second kappa shape index (κ2) is 8.05. The number of fused-ring (bicyclic) bond motifs is 1. The highest BCUT2D eigenvalue weighted by atomic mass is 16.2. The van der Waals surface area contributed by atoms with Crippen LogP contribution >= 0.6 is 0 Å². The lowest BCUT2D eigenvalue weighted by molar-refractivity contribution is -0.125. The molecular weight excluding hydrogens is 368 g/mol. The molecule has 29 heavy (non-hydrogen) atoms. The van der Waals surface area contributed by atoms with Crippen molar-refractivity contribution in [3.8, 4) is 0 Å². The van der Waals surface area contributed by atoms with Gasteiger partial charge in [-0.15, -0.1) is 0 Å². The first-order chi connectivity index (χ1) is 14.0. The van der Waals surface area contributed by atoms with Crippen LogP contribution in [0.2, 0.25) is 0 Å². The molecular formula is C22H24N4O3. The number of benzene rings is 2. The lowest BCUT2D eigenvalue weighted by Gasteiger charge is -2.39. The van der Waals surface area contributed by atoms with Gasteiger partial charge in [-0.2, -0.15) is 0 Å². The second-order valence-corrected chi connectivity index (χ2v) is 7.36. The third kappa shape index (κ3) is 3.86. The third-order valence-electron chi connectivity index (χ3n) is 5.56. The van der Waals surface area contributed by atoms with Crippen LogP contribution in [0.3, 0.4) is 0 Å². The Balaban J connectivity index is 1.41. The van der Waals surface area contributed by atoms with Crippen molar-refractivity contribution < 1.29 is 14.4 Å². The number of piperazine rings is 1. The van der Waals surface area contributed by atoms with Gasteiger partial charge in [0.1, 0.15) is 6.54 Å². The summed E-state index contributed by atoms with van der Waals surface area (Å²) in [5.41, 5.74) is 2.06. The number of hydrogen-bond acceptors (Lipinski definition) is 4. The third-order valence-corrected chi connectivity index (χ3v) is 5.56. The van der Waals surface area contributed by atoms with Crippen LogP contribution in [0, 0.1) is 0 Å². The van der Waals surface area contributed by atoms with Gasteiger partial charge >= 0.3 is 0 Å². The van der Waals surface area contributed by atoms with Crippen LogP contribution in [0.1, 0.15) is 17.3 Å². The van der Waals surface area contributed by atoms with Crippen molar-refractivity contribution in [2.45, 2.75) is 13.0 Å². The first-order valence-electron chi connectivity index (χ1n) is 9.83. The predicted molar refractivity (Wildman–Crippen MR) is 111 cm³/mol. The number of hydrogen-bond donors (Lipinski definition) is 1. The monoisotopic (exact) mass is 392 g/mol. The molecule has 0 unspecified atom stereocenters. The minimum atomic E-state index is -0.372. The van der Waals surface area contributed by atoms with Crippen molar-refractivity contribution in [3.05, 3.63) is 60.2 Å². The van der Waals surface area contributed by atoms with E-state index in [4.69, 9.17) is 0 Å². The Labute approximate surface area is 169 Å². The first-order valence-corrected chi connectivity index (χ1v) is 9.83. The Kier molecular flexibility index (Phi) is 5.31. The maximum absolute atomic E-state index is 13.2. The van der Waals surface area contributed by atoms with Gasteiger partial charge in [-0.3, -0.25) is 24.2 Å². The summed E-state index contributed by atoms with van der Waals surface area (Å²) < 4.78 is 0. The SMILES string of the molecule is C[C@@H](C(=O)N1CC(=O)Nc2ccccc21)N1CCN(C(=O)c2ccccc2)CC1. The fourth-order valence-electron chi connectivity index (χ4n) is 3.89. The van der Waals surface area contributed by atoms with Crippen molar-refractivity contribution in [2.75, 3.05) is 42.9 Å². The fraction of sp³-hybridized carbons (Fsp3) is 0.318. The lowest BCUT2D eigenvalue weighted by Crippen LogP contribution is -2.56. The van der Waals surface area contributed by atoms with Gasteiger partial charge in [0.2, 0.25) is 11.8 Å². The number of nitrogens with one attached hydrogen (secondary N) is 1. The zero-order valence-electron chi connectivity index (χ0n) is 16.4. The molecule has 3 amide bonds. The molecule has 0 bridgehead atoms. The van der Waals surface area contributed by atoms with E-state index >= 15 is 0 Å². The van der Waals surface area contributed by atoms with Crippen molar-refractivity contribution in [1.82, 2.24) is 9.80 Å². The van der Waals surface area contributed by atoms with E-state index in [0.29, 0.717) is 37.4 Å². The fourth-order valence-corrected chi connectivity index (χ4v) is 3.89. The van der Waals surface area contributed by atoms with Gasteiger partial charge in [0.15, 0.2) is 0 Å². The summed E-state index contributed by atoms with van der Waals surface area (Å²) in [5.74, 6) is -0.275. The molecule has 1 saturated heterocycles. The van der Waals surface area contributed by atoms with E-state index in [9.17, 15) is 14.4 Å². The summed E-state index contributed by atoms with van der Waals surface area (Å²) in [6.07, 6.45) is 0. The number of rotatable bonds is 3. The van der Waals surface area contributed by atoms with Gasteiger partial charge in [0.25, 0.3) is 5.91 Å². The van der Waals surface area contributed by atoms with Gasteiger partial charge in [-0.25, -0.2) is 0 Å². The summed E-state index contributed by atoms with van der Waals surface area (Å²) in [6.45, 7) is 4.27. The van der Waals surface area contributed by atoms with Crippen molar-refractivity contribution in [1.29, 1.82) is 0 Å². The molecule has 2 aromatic carbocycles. The van der Waals surface area contributed by atoms with Gasteiger partial charge in [-0.05, 0) is 31.2 Å². The summed E-state index contributed by atoms with van der Waals surface area (Å²) in [7, 11) is 0. The first kappa shape index (κ1) is 19.1. The second-order valence-electron chi connectivity index (χ2n) is 7.36. The molecule has 0 aromatic heterocycles. The molecule has 2 aromatic rings. The van der Waals surface area contributed by atoms with Gasteiger partial charge in [0.05, 0.1) is 17.4 Å². The van der Waals surface area contributed by atoms with Crippen LogP contribution in [0.5, 0.6) is 0 Å². The van der Waals surface area contributed by atoms with E-state index in [1.165, 1.54) is 0 Å². The number of anilines is 2. The van der Waals surface area contributed by atoms with E-state index < -0.39 is 0 Å². The number of nitrogens with zero attached hydrogens (tertiary/aromatic N) is 3. The van der Waals surface area contributed by atoms with E-state index in [-0.39, 0.29) is 30.3 Å². The van der Waals surface area contributed by atoms with Crippen molar-refractivity contribution in [3.63, 3.8) is 0 Å². The summed E-state index contributed by atoms with van der Waals surface area (Å²) in [6, 6.07) is 16.2.